The van der Waals surface area contributed by atoms with Crippen LogP contribution in [0.4, 0.5) is 0 Å². The molecule has 0 heterocycles. The van der Waals surface area contributed by atoms with Crippen molar-refractivity contribution >= 4 is 0 Å². The predicted molar refractivity (Wildman–Crippen MR) is 102 cm³/mol. The Morgan fingerprint density at radius 3 is 2.21 bits per heavy atom. The van der Waals surface area contributed by atoms with Crippen LogP contribution in [-0.2, 0) is 13.0 Å². The van der Waals surface area contributed by atoms with Gasteiger partial charge in [0.05, 0.1) is 6.61 Å². The molecule has 1 heteroatoms. The Bertz CT molecular complexity index is 648. The van der Waals surface area contributed by atoms with Gasteiger partial charge in [0.1, 0.15) is 0 Å². The van der Waals surface area contributed by atoms with Gasteiger partial charge in [0, 0.05) is 0 Å². The van der Waals surface area contributed by atoms with Crippen molar-refractivity contribution < 1.29 is 5.11 Å². The zero-order valence-electron chi connectivity index (χ0n) is 15.1. The van der Waals surface area contributed by atoms with Crippen molar-refractivity contribution in [2.45, 2.75) is 64.9 Å². The Morgan fingerprint density at radius 1 is 0.917 bits per heavy atom. The van der Waals surface area contributed by atoms with Crippen LogP contribution in [0.15, 0.2) is 42.5 Å². The van der Waals surface area contributed by atoms with Crippen LogP contribution in [0, 0.1) is 5.92 Å². The maximum atomic E-state index is 9.34. The van der Waals surface area contributed by atoms with E-state index in [1.807, 2.05) is 6.07 Å². The molecule has 0 unspecified atom stereocenters. The van der Waals surface area contributed by atoms with Crippen molar-refractivity contribution in [3.63, 3.8) is 0 Å². The Balaban J connectivity index is 1.77. The summed E-state index contributed by atoms with van der Waals surface area (Å²) in [5, 5.41) is 9.34. The largest absolute Gasteiger partial charge is 0.392 e. The van der Waals surface area contributed by atoms with Crippen molar-refractivity contribution in [2.24, 2.45) is 5.92 Å². The van der Waals surface area contributed by atoms with Crippen LogP contribution in [0.25, 0.3) is 11.1 Å². The average Bonchev–Trinajstić information content (AvgIpc) is 2.67. The van der Waals surface area contributed by atoms with Crippen LogP contribution < -0.4 is 0 Å². The molecular weight excluding hydrogens is 292 g/mol. The van der Waals surface area contributed by atoms with E-state index in [4.69, 9.17) is 0 Å². The van der Waals surface area contributed by atoms with Crippen molar-refractivity contribution in [1.29, 1.82) is 0 Å². The fourth-order valence-corrected chi connectivity index (χ4v) is 4.16. The first-order valence-electron chi connectivity index (χ1n) is 9.58. The lowest BCUT2D eigenvalue weighted by molar-refractivity contribution is 0.282. The summed E-state index contributed by atoms with van der Waals surface area (Å²) < 4.78 is 0. The van der Waals surface area contributed by atoms with Gasteiger partial charge in [0.2, 0.25) is 0 Å². The quantitative estimate of drug-likeness (QED) is 0.706. The third-order valence-corrected chi connectivity index (χ3v) is 5.85. The maximum absolute atomic E-state index is 9.34. The van der Waals surface area contributed by atoms with E-state index in [1.165, 1.54) is 54.4 Å². The highest BCUT2D eigenvalue weighted by molar-refractivity contribution is 5.68. The molecule has 2 aromatic rings. The van der Waals surface area contributed by atoms with E-state index in [9.17, 15) is 5.11 Å². The van der Waals surface area contributed by atoms with Gasteiger partial charge in [-0.15, -0.1) is 0 Å². The van der Waals surface area contributed by atoms with E-state index >= 15 is 0 Å². The topological polar surface area (TPSA) is 20.2 Å². The molecule has 0 atom stereocenters. The van der Waals surface area contributed by atoms with Crippen LogP contribution in [0.1, 0.15) is 68.6 Å². The first kappa shape index (κ1) is 17.2. The standard InChI is InChI=1S/C23H30O/c1-3-17-5-8-20(9-6-17)21-10-12-22(13-11-21)23-14-7-18(16-24)15-19(23)4-2/h7,10-15,17,20,24H,3-6,8-9,16H2,1-2H3. The third-order valence-electron chi connectivity index (χ3n) is 5.85. The summed E-state index contributed by atoms with van der Waals surface area (Å²) in [6, 6.07) is 15.6. The fourth-order valence-electron chi connectivity index (χ4n) is 4.16. The van der Waals surface area contributed by atoms with Gasteiger partial charge in [-0.3, -0.25) is 0 Å². The molecule has 0 bridgehead atoms. The van der Waals surface area contributed by atoms with Crippen molar-refractivity contribution in [2.75, 3.05) is 0 Å². The zero-order valence-corrected chi connectivity index (χ0v) is 15.1. The Morgan fingerprint density at radius 2 is 1.62 bits per heavy atom. The molecule has 1 aliphatic carbocycles. The van der Waals surface area contributed by atoms with Crippen LogP contribution in [0.2, 0.25) is 0 Å². The van der Waals surface area contributed by atoms with Gasteiger partial charge in [0.25, 0.3) is 0 Å². The summed E-state index contributed by atoms with van der Waals surface area (Å²) in [5.41, 5.74) is 6.43. The van der Waals surface area contributed by atoms with Crippen LogP contribution >= 0.6 is 0 Å². The predicted octanol–water partition coefficient (Wildman–Crippen LogP) is 6.09. The number of aliphatic hydroxyl groups excluding tert-OH is 1. The van der Waals surface area contributed by atoms with Crippen LogP contribution in [0.3, 0.4) is 0 Å². The lowest BCUT2D eigenvalue weighted by Crippen LogP contribution is -2.12. The van der Waals surface area contributed by atoms with E-state index in [0.29, 0.717) is 0 Å². The highest BCUT2D eigenvalue weighted by atomic mass is 16.3. The summed E-state index contributed by atoms with van der Waals surface area (Å²) in [6.45, 7) is 4.63. The third kappa shape index (κ3) is 3.72. The van der Waals surface area contributed by atoms with E-state index in [1.54, 1.807) is 0 Å². The second-order valence-corrected chi connectivity index (χ2v) is 7.25. The lowest BCUT2D eigenvalue weighted by Gasteiger charge is -2.28. The molecule has 1 fully saturated rings. The number of hydrogen-bond acceptors (Lipinski definition) is 1. The highest BCUT2D eigenvalue weighted by Crippen LogP contribution is 2.37. The zero-order chi connectivity index (χ0) is 16.9. The van der Waals surface area contributed by atoms with Gasteiger partial charge >= 0.3 is 0 Å². The number of aryl methyl sites for hydroxylation is 1. The van der Waals surface area contributed by atoms with Crippen molar-refractivity contribution in [1.82, 2.24) is 0 Å². The average molecular weight is 322 g/mol. The molecule has 0 radical (unpaired) electrons. The molecule has 1 N–H and O–H groups in total. The summed E-state index contributed by atoms with van der Waals surface area (Å²) in [5.74, 6) is 1.71. The van der Waals surface area contributed by atoms with E-state index in [0.717, 1.165) is 23.8 Å². The maximum Gasteiger partial charge on any atom is 0.0681 e. The van der Waals surface area contributed by atoms with Gasteiger partial charge in [0.15, 0.2) is 0 Å². The highest BCUT2D eigenvalue weighted by Gasteiger charge is 2.21. The molecule has 1 saturated carbocycles. The van der Waals surface area contributed by atoms with Crippen LogP contribution in [-0.4, -0.2) is 5.11 Å². The second-order valence-electron chi connectivity index (χ2n) is 7.25. The van der Waals surface area contributed by atoms with E-state index in [-0.39, 0.29) is 6.61 Å². The molecule has 0 amide bonds. The Hall–Kier alpha value is -1.60. The first-order chi connectivity index (χ1) is 11.7. The smallest absolute Gasteiger partial charge is 0.0681 e. The summed E-state index contributed by atoms with van der Waals surface area (Å²) in [7, 11) is 0. The monoisotopic (exact) mass is 322 g/mol. The summed E-state index contributed by atoms with van der Waals surface area (Å²) >= 11 is 0. The minimum atomic E-state index is 0.118. The normalized spacial score (nSPS) is 21.0. The second kappa shape index (κ2) is 7.98. The van der Waals surface area contributed by atoms with E-state index in [2.05, 4.69) is 50.2 Å². The Kier molecular flexibility index (Phi) is 5.73. The summed E-state index contributed by atoms with van der Waals surface area (Å²) in [6.07, 6.45) is 7.82. The lowest BCUT2D eigenvalue weighted by atomic mass is 9.77. The molecule has 0 spiro atoms. The molecule has 0 aromatic heterocycles. The summed E-state index contributed by atoms with van der Waals surface area (Å²) in [4.78, 5) is 0. The molecule has 24 heavy (non-hydrogen) atoms. The molecule has 0 saturated heterocycles. The number of benzene rings is 2. The molecule has 0 aliphatic heterocycles. The first-order valence-corrected chi connectivity index (χ1v) is 9.58. The molecule has 1 aliphatic rings. The van der Waals surface area contributed by atoms with Crippen molar-refractivity contribution in [3.8, 4) is 11.1 Å². The van der Waals surface area contributed by atoms with Crippen molar-refractivity contribution in [3.05, 3.63) is 59.2 Å². The van der Waals surface area contributed by atoms with Gasteiger partial charge < -0.3 is 5.11 Å². The SMILES string of the molecule is CCc1cc(CO)ccc1-c1ccc(C2CCC(CC)CC2)cc1. The molecular formula is C23H30O. The molecule has 3 rings (SSSR count). The number of aliphatic hydroxyl groups is 1. The van der Waals surface area contributed by atoms with Crippen LogP contribution in [0.5, 0.6) is 0 Å². The molecule has 2 aromatic carbocycles. The van der Waals surface area contributed by atoms with E-state index < -0.39 is 0 Å². The van der Waals surface area contributed by atoms with Gasteiger partial charge in [-0.05, 0) is 71.8 Å². The minimum Gasteiger partial charge on any atom is -0.392 e. The van der Waals surface area contributed by atoms with Gasteiger partial charge in [-0.1, -0.05) is 62.7 Å². The fraction of sp³-hybridized carbons (Fsp3) is 0.478. The van der Waals surface area contributed by atoms with Gasteiger partial charge in [-0.25, -0.2) is 0 Å². The number of hydrogen-bond donors (Lipinski definition) is 1. The number of rotatable bonds is 5. The minimum absolute atomic E-state index is 0.118. The Labute approximate surface area is 146 Å². The van der Waals surface area contributed by atoms with Gasteiger partial charge in [-0.2, -0.15) is 0 Å². The molecule has 1 nitrogen and oxygen atoms in total. The molecule has 128 valence electrons.